The monoisotopic (exact) mass is 228 g/mol. The molecule has 0 bridgehead atoms. The van der Waals surface area contributed by atoms with Crippen molar-refractivity contribution in [3.63, 3.8) is 0 Å². The first-order valence-corrected chi connectivity index (χ1v) is 5.65. The molecule has 0 aliphatic carbocycles. The van der Waals surface area contributed by atoms with Crippen LogP contribution in [0.3, 0.4) is 0 Å². The Labute approximate surface area is 95.9 Å². The van der Waals surface area contributed by atoms with Crippen molar-refractivity contribution in [1.82, 2.24) is 10.6 Å². The average molecular weight is 228 g/mol. The Morgan fingerprint density at radius 3 is 2.81 bits per heavy atom. The number of hydrogen-bond acceptors (Lipinski definition) is 3. The molecule has 5 heteroatoms. The molecular formula is C11H20N2O3. The smallest absolute Gasteiger partial charge is 0.246 e. The molecule has 1 aliphatic heterocycles. The lowest BCUT2D eigenvalue weighted by Crippen LogP contribution is -2.58. The summed E-state index contributed by atoms with van der Waals surface area (Å²) in [6.45, 7) is 4.61. The molecular weight excluding hydrogens is 208 g/mol. The molecule has 0 spiro atoms. The van der Waals surface area contributed by atoms with Gasteiger partial charge in [-0.2, -0.15) is 0 Å². The number of carbonyl (C=O) groups is 2. The van der Waals surface area contributed by atoms with Gasteiger partial charge in [-0.25, -0.2) is 0 Å². The molecule has 1 aliphatic rings. The molecule has 2 unspecified atom stereocenters. The molecule has 2 atom stereocenters. The Hall–Kier alpha value is -1.10. The summed E-state index contributed by atoms with van der Waals surface area (Å²) in [4.78, 5) is 23.4. The highest BCUT2D eigenvalue weighted by atomic mass is 16.5. The van der Waals surface area contributed by atoms with E-state index in [0.29, 0.717) is 13.0 Å². The first-order chi connectivity index (χ1) is 7.56. The Morgan fingerprint density at radius 2 is 2.38 bits per heavy atom. The van der Waals surface area contributed by atoms with Crippen LogP contribution in [0, 0.1) is 5.92 Å². The standard InChI is InChI=1S/C11H20N2O3/c1-4-8(2)11(5-6-12-10(11)15)13-9(14)7-16-3/h8H,4-7H2,1-3H3,(H,12,15)(H,13,14). The number of rotatable bonds is 5. The van der Waals surface area contributed by atoms with Gasteiger partial charge in [-0.1, -0.05) is 20.3 Å². The van der Waals surface area contributed by atoms with E-state index in [-0.39, 0.29) is 24.3 Å². The largest absolute Gasteiger partial charge is 0.375 e. The van der Waals surface area contributed by atoms with Crippen LogP contribution in [0.15, 0.2) is 0 Å². The first-order valence-electron chi connectivity index (χ1n) is 5.65. The summed E-state index contributed by atoms with van der Waals surface area (Å²) in [6.07, 6.45) is 1.50. The molecule has 5 nitrogen and oxygen atoms in total. The third-order valence-corrected chi connectivity index (χ3v) is 3.30. The maximum Gasteiger partial charge on any atom is 0.246 e. The predicted octanol–water partition coefficient (Wildman–Crippen LogP) is 0.0538. The number of carbonyl (C=O) groups excluding carboxylic acids is 2. The molecule has 0 radical (unpaired) electrons. The van der Waals surface area contributed by atoms with E-state index in [1.807, 2.05) is 13.8 Å². The van der Waals surface area contributed by atoms with Crippen molar-refractivity contribution in [1.29, 1.82) is 0 Å². The van der Waals surface area contributed by atoms with Gasteiger partial charge in [-0.05, 0) is 12.3 Å². The molecule has 2 amide bonds. The number of ether oxygens (including phenoxy) is 1. The molecule has 1 heterocycles. The zero-order valence-electron chi connectivity index (χ0n) is 10.1. The topological polar surface area (TPSA) is 67.4 Å². The van der Waals surface area contributed by atoms with Crippen molar-refractivity contribution in [2.45, 2.75) is 32.2 Å². The Balaban J connectivity index is 2.79. The second kappa shape index (κ2) is 5.30. The van der Waals surface area contributed by atoms with Gasteiger partial charge in [-0.15, -0.1) is 0 Å². The number of hydrogen-bond donors (Lipinski definition) is 2. The van der Waals surface area contributed by atoms with Crippen molar-refractivity contribution in [3.05, 3.63) is 0 Å². The number of amides is 2. The Morgan fingerprint density at radius 1 is 1.69 bits per heavy atom. The summed E-state index contributed by atoms with van der Waals surface area (Å²) in [5, 5.41) is 5.60. The van der Waals surface area contributed by atoms with E-state index in [1.54, 1.807) is 0 Å². The SMILES string of the molecule is CCC(C)C1(NC(=O)COC)CCNC1=O. The van der Waals surface area contributed by atoms with E-state index >= 15 is 0 Å². The van der Waals surface area contributed by atoms with E-state index in [0.717, 1.165) is 6.42 Å². The third kappa shape index (κ3) is 2.35. The Bertz CT molecular complexity index is 280. The van der Waals surface area contributed by atoms with E-state index in [2.05, 4.69) is 10.6 Å². The molecule has 0 aromatic carbocycles. The normalized spacial score (nSPS) is 26.3. The lowest BCUT2D eigenvalue weighted by atomic mass is 9.82. The van der Waals surface area contributed by atoms with Gasteiger partial charge in [0.2, 0.25) is 11.8 Å². The summed E-state index contributed by atoms with van der Waals surface area (Å²) < 4.78 is 4.76. The van der Waals surface area contributed by atoms with Crippen LogP contribution in [0.1, 0.15) is 26.7 Å². The fourth-order valence-electron chi connectivity index (χ4n) is 2.12. The second-order valence-corrected chi connectivity index (χ2v) is 4.27. The molecule has 2 N–H and O–H groups in total. The van der Waals surface area contributed by atoms with Gasteiger partial charge in [-0.3, -0.25) is 9.59 Å². The summed E-state index contributed by atoms with van der Waals surface area (Å²) in [7, 11) is 1.46. The molecule has 0 aromatic heterocycles. The van der Waals surface area contributed by atoms with Gasteiger partial charge in [0.1, 0.15) is 12.1 Å². The van der Waals surface area contributed by atoms with Crippen molar-refractivity contribution >= 4 is 11.8 Å². The quantitative estimate of drug-likeness (QED) is 0.699. The summed E-state index contributed by atoms with van der Waals surface area (Å²) in [5.41, 5.74) is -0.746. The van der Waals surface area contributed by atoms with Crippen LogP contribution in [-0.4, -0.2) is 37.6 Å². The highest BCUT2D eigenvalue weighted by molar-refractivity contribution is 5.93. The van der Waals surface area contributed by atoms with Gasteiger partial charge >= 0.3 is 0 Å². The van der Waals surface area contributed by atoms with Gasteiger partial charge in [0, 0.05) is 13.7 Å². The van der Waals surface area contributed by atoms with Crippen LogP contribution in [0.4, 0.5) is 0 Å². The van der Waals surface area contributed by atoms with Crippen molar-refractivity contribution in [3.8, 4) is 0 Å². The van der Waals surface area contributed by atoms with Gasteiger partial charge in [0.25, 0.3) is 0 Å². The van der Waals surface area contributed by atoms with E-state index in [1.165, 1.54) is 7.11 Å². The van der Waals surface area contributed by atoms with E-state index < -0.39 is 5.54 Å². The minimum absolute atomic E-state index is 0.00847. The molecule has 1 rings (SSSR count). The van der Waals surface area contributed by atoms with Gasteiger partial charge in [0.05, 0.1) is 0 Å². The van der Waals surface area contributed by atoms with Crippen LogP contribution in [0.2, 0.25) is 0 Å². The predicted molar refractivity (Wildman–Crippen MR) is 59.8 cm³/mol. The van der Waals surface area contributed by atoms with Crippen molar-refractivity contribution in [2.24, 2.45) is 5.92 Å². The van der Waals surface area contributed by atoms with E-state index in [4.69, 9.17) is 4.74 Å². The average Bonchev–Trinajstić information content (AvgIpc) is 2.60. The highest BCUT2D eigenvalue weighted by Gasteiger charge is 2.47. The summed E-state index contributed by atoms with van der Waals surface area (Å²) in [5.74, 6) is -0.193. The fraction of sp³-hybridized carbons (Fsp3) is 0.818. The van der Waals surface area contributed by atoms with E-state index in [9.17, 15) is 9.59 Å². The lowest BCUT2D eigenvalue weighted by molar-refractivity contribution is -0.135. The van der Waals surface area contributed by atoms with Crippen LogP contribution in [0.25, 0.3) is 0 Å². The third-order valence-electron chi connectivity index (χ3n) is 3.30. The fourth-order valence-corrected chi connectivity index (χ4v) is 2.12. The number of methoxy groups -OCH3 is 1. The molecule has 1 fully saturated rings. The van der Waals surface area contributed by atoms with Gasteiger partial charge < -0.3 is 15.4 Å². The minimum Gasteiger partial charge on any atom is -0.375 e. The zero-order chi connectivity index (χ0) is 12.2. The first kappa shape index (κ1) is 13.0. The molecule has 92 valence electrons. The zero-order valence-corrected chi connectivity index (χ0v) is 10.1. The van der Waals surface area contributed by atoms with Crippen LogP contribution in [-0.2, 0) is 14.3 Å². The van der Waals surface area contributed by atoms with Crippen molar-refractivity contribution in [2.75, 3.05) is 20.3 Å². The molecule has 0 aromatic rings. The summed E-state index contributed by atoms with van der Waals surface area (Å²) in [6, 6.07) is 0. The Kier molecular flexibility index (Phi) is 4.29. The van der Waals surface area contributed by atoms with Crippen LogP contribution in [0.5, 0.6) is 0 Å². The minimum atomic E-state index is -0.746. The maximum atomic E-state index is 11.9. The van der Waals surface area contributed by atoms with Crippen molar-refractivity contribution < 1.29 is 14.3 Å². The summed E-state index contributed by atoms with van der Waals surface area (Å²) >= 11 is 0. The molecule has 1 saturated heterocycles. The van der Waals surface area contributed by atoms with Crippen LogP contribution >= 0.6 is 0 Å². The highest BCUT2D eigenvalue weighted by Crippen LogP contribution is 2.28. The van der Waals surface area contributed by atoms with Crippen LogP contribution < -0.4 is 10.6 Å². The van der Waals surface area contributed by atoms with Gasteiger partial charge in [0.15, 0.2) is 0 Å². The second-order valence-electron chi connectivity index (χ2n) is 4.27. The molecule has 16 heavy (non-hydrogen) atoms. The number of nitrogens with one attached hydrogen (secondary N) is 2. The molecule has 0 saturated carbocycles. The maximum absolute atomic E-state index is 11.9. The lowest BCUT2D eigenvalue weighted by Gasteiger charge is -2.33.